The van der Waals surface area contributed by atoms with Gasteiger partial charge in [0.25, 0.3) is 0 Å². The Balaban J connectivity index is 1.82. The molecule has 0 aromatic heterocycles. The Bertz CT molecular complexity index is 553. The molecule has 126 valence electrons. The molecule has 1 aromatic rings. The number of carbonyl (C=O) groups excluding carboxylic acids is 2. The minimum Gasteiger partial charge on any atom is -0.383 e. The molecule has 2 N–H and O–H groups in total. The van der Waals surface area contributed by atoms with Gasteiger partial charge in [0.05, 0.1) is 12.3 Å². The second kappa shape index (κ2) is 9.00. The first-order chi connectivity index (χ1) is 11.1. The highest BCUT2D eigenvalue weighted by molar-refractivity contribution is 9.10. The van der Waals surface area contributed by atoms with Crippen molar-refractivity contribution >= 4 is 33.4 Å². The van der Waals surface area contributed by atoms with Gasteiger partial charge in [-0.05, 0) is 34.5 Å². The Morgan fingerprint density at radius 2 is 2.13 bits per heavy atom. The van der Waals surface area contributed by atoms with Crippen LogP contribution in [-0.2, 0) is 14.3 Å². The Morgan fingerprint density at radius 1 is 1.35 bits per heavy atom. The molecule has 7 heteroatoms. The van der Waals surface area contributed by atoms with Crippen LogP contribution in [0.4, 0.5) is 5.69 Å². The molecule has 1 unspecified atom stereocenters. The molecule has 0 saturated carbocycles. The zero-order valence-electron chi connectivity index (χ0n) is 13.2. The van der Waals surface area contributed by atoms with Crippen LogP contribution in [-0.4, -0.2) is 51.7 Å². The number of carbonyl (C=O) groups is 2. The summed E-state index contributed by atoms with van der Waals surface area (Å²) in [6.07, 6.45) is 0.545. The van der Waals surface area contributed by atoms with Crippen molar-refractivity contribution in [2.24, 2.45) is 5.92 Å². The zero-order chi connectivity index (χ0) is 16.7. The number of ether oxygens (including phenoxy) is 1. The highest BCUT2D eigenvalue weighted by Gasteiger charge is 2.37. The molecule has 0 radical (unpaired) electrons. The first kappa shape index (κ1) is 17.9. The van der Waals surface area contributed by atoms with E-state index in [1.807, 2.05) is 24.3 Å². The van der Waals surface area contributed by atoms with E-state index in [0.29, 0.717) is 32.7 Å². The van der Waals surface area contributed by atoms with Crippen molar-refractivity contribution in [1.29, 1.82) is 0 Å². The highest BCUT2D eigenvalue weighted by Crippen LogP contribution is 2.31. The van der Waals surface area contributed by atoms with E-state index in [0.717, 1.165) is 16.7 Å². The van der Waals surface area contributed by atoms with Crippen molar-refractivity contribution < 1.29 is 14.3 Å². The Kier molecular flexibility index (Phi) is 7.01. The first-order valence-corrected chi connectivity index (χ1v) is 8.47. The number of benzene rings is 1. The van der Waals surface area contributed by atoms with E-state index in [4.69, 9.17) is 4.74 Å². The van der Waals surface area contributed by atoms with E-state index in [1.165, 1.54) is 0 Å². The van der Waals surface area contributed by atoms with Gasteiger partial charge in [-0.3, -0.25) is 9.59 Å². The molecule has 1 aromatic carbocycles. The second-order valence-electron chi connectivity index (χ2n) is 5.32. The maximum atomic E-state index is 12.5. The molecular formula is C16H22BrN3O3. The summed E-state index contributed by atoms with van der Waals surface area (Å²) in [6.45, 7) is 3.09. The smallest absolute Gasteiger partial charge is 0.239 e. The summed E-state index contributed by atoms with van der Waals surface area (Å²) in [7, 11) is 1.64. The average Bonchev–Trinajstić information content (AvgIpc) is 2.92. The molecule has 0 spiro atoms. The quantitative estimate of drug-likeness (QED) is 0.521. The van der Waals surface area contributed by atoms with E-state index in [2.05, 4.69) is 26.6 Å². The molecular weight excluding hydrogens is 362 g/mol. The Hall–Kier alpha value is -1.44. The topological polar surface area (TPSA) is 70.7 Å². The molecule has 1 saturated heterocycles. The summed E-state index contributed by atoms with van der Waals surface area (Å²) in [5.41, 5.74) is 0.814. The number of hydrogen-bond acceptors (Lipinski definition) is 4. The Morgan fingerprint density at radius 3 is 2.87 bits per heavy atom. The molecule has 6 nitrogen and oxygen atoms in total. The molecule has 1 aliphatic heterocycles. The predicted octanol–water partition coefficient (Wildman–Crippen LogP) is 1.15. The maximum Gasteiger partial charge on any atom is 0.239 e. The molecule has 2 amide bonds. The molecule has 1 fully saturated rings. The van der Waals surface area contributed by atoms with Crippen LogP contribution < -0.4 is 15.5 Å². The Labute approximate surface area is 144 Å². The third-order valence-corrected chi connectivity index (χ3v) is 4.42. The van der Waals surface area contributed by atoms with Crippen molar-refractivity contribution in [2.75, 3.05) is 44.8 Å². The highest BCUT2D eigenvalue weighted by atomic mass is 79.9. The maximum absolute atomic E-state index is 12.5. The van der Waals surface area contributed by atoms with Crippen molar-refractivity contribution in [2.45, 2.75) is 6.42 Å². The number of nitrogens with one attached hydrogen (secondary N) is 2. The predicted molar refractivity (Wildman–Crippen MR) is 92.4 cm³/mol. The van der Waals surface area contributed by atoms with Crippen LogP contribution in [0.15, 0.2) is 28.7 Å². The van der Waals surface area contributed by atoms with Crippen LogP contribution in [0.2, 0.25) is 0 Å². The second-order valence-corrected chi connectivity index (χ2v) is 6.17. The van der Waals surface area contributed by atoms with Crippen molar-refractivity contribution in [3.63, 3.8) is 0 Å². The van der Waals surface area contributed by atoms with E-state index in [-0.39, 0.29) is 11.8 Å². The van der Waals surface area contributed by atoms with E-state index < -0.39 is 5.92 Å². The van der Waals surface area contributed by atoms with Gasteiger partial charge in [-0.15, -0.1) is 0 Å². The number of nitrogens with zero attached hydrogens (tertiary/aromatic N) is 1. The molecule has 1 heterocycles. The number of anilines is 1. The molecule has 0 bridgehead atoms. The van der Waals surface area contributed by atoms with Gasteiger partial charge in [0.1, 0.15) is 5.92 Å². The van der Waals surface area contributed by atoms with Crippen molar-refractivity contribution in [1.82, 2.24) is 10.6 Å². The van der Waals surface area contributed by atoms with Gasteiger partial charge >= 0.3 is 0 Å². The molecule has 1 aliphatic rings. The van der Waals surface area contributed by atoms with Crippen molar-refractivity contribution in [3.05, 3.63) is 28.7 Å². The monoisotopic (exact) mass is 383 g/mol. The van der Waals surface area contributed by atoms with Crippen molar-refractivity contribution in [3.8, 4) is 0 Å². The largest absolute Gasteiger partial charge is 0.383 e. The SMILES string of the molecule is COCCNCCNC(=O)C1CCN(c2ccccc2Br)C1=O. The zero-order valence-corrected chi connectivity index (χ0v) is 14.8. The van der Waals surface area contributed by atoms with Crippen LogP contribution in [0.1, 0.15) is 6.42 Å². The minimum absolute atomic E-state index is 0.137. The minimum atomic E-state index is -0.596. The lowest BCUT2D eigenvalue weighted by atomic mass is 10.1. The van der Waals surface area contributed by atoms with Crippen LogP contribution in [0.5, 0.6) is 0 Å². The lowest BCUT2D eigenvalue weighted by Crippen LogP contribution is -2.40. The molecule has 23 heavy (non-hydrogen) atoms. The van der Waals surface area contributed by atoms with Gasteiger partial charge in [0.2, 0.25) is 11.8 Å². The summed E-state index contributed by atoms with van der Waals surface area (Å²) in [4.78, 5) is 26.3. The van der Waals surface area contributed by atoms with Crippen LogP contribution in [0, 0.1) is 5.92 Å². The fourth-order valence-corrected chi connectivity index (χ4v) is 3.03. The van der Waals surface area contributed by atoms with E-state index in [1.54, 1.807) is 12.0 Å². The standard InChI is InChI=1S/C16H22BrN3O3/c1-23-11-9-18-7-8-19-15(21)12-6-10-20(16(12)22)14-5-3-2-4-13(14)17/h2-5,12,18H,6-11H2,1H3,(H,19,21). The van der Waals surface area contributed by atoms with Gasteiger partial charge in [-0.25, -0.2) is 0 Å². The number of rotatable bonds is 8. The normalized spacial score (nSPS) is 17.6. The number of amides is 2. The third-order valence-electron chi connectivity index (χ3n) is 3.75. The summed E-state index contributed by atoms with van der Waals surface area (Å²) < 4.78 is 5.78. The van der Waals surface area contributed by atoms with Gasteiger partial charge in [-0.2, -0.15) is 0 Å². The van der Waals surface area contributed by atoms with E-state index >= 15 is 0 Å². The summed E-state index contributed by atoms with van der Waals surface area (Å²) >= 11 is 3.45. The van der Waals surface area contributed by atoms with Crippen LogP contribution in [0.25, 0.3) is 0 Å². The average molecular weight is 384 g/mol. The van der Waals surface area contributed by atoms with Gasteiger partial charge < -0.3 is 20.3 Å². The molecule has 1 atom stereocenters. The summed E-state index contributed by atoms with van der Waals surface area (Å²) in [6, 6.07) is 7.55. The van der Waals surface area contributed by atoms with Gasteiger partial charge in [0, 0.05) is 37.8 Å². The molecule has 2 rings (SSSR count). The number of para-hydroxylation sites is 1. The first-order valence-electron chi connectivity index (χ1n) is 7.68. The fraction of sp³-hybridized carbons (Fsp3) is 0.500. The number of methoxy groups -OCH3 is 1. The molecule has 0 aliphatic carbocycles. The third kappa shape index (κ3) is 4.76. The van der Waals surface area contributed by atoms with Gasteiger partial charge in [-0.1, -0.05) is 12.1 Å². The van der Waals surface area contributed by atoms with Crippen LogP contribution >= 0.6 is 15.9 Å². The van der Waals surface area contributed by atoms with E-state index in [9.17, 15) is 9.59 Å². The lowest BCUT2D eigenvalue weighted by Gasteiger charge is -2.18. The van der Waals surface area contributed by atoms with Gasteiger partial charge in [0.15, 0.2) is 0 Å². The summed E-state index contributed by atoms with van der Waals surface area (Å²) in [5, 5.41) is 5.96. The number of halogens is 1. The fourth-order valence-electron chi connectivity index (χ4n) is 2.53. The number of hydrogen-bond donors (Lipinski definition) is 2. The lowest BCUT2D eigenvalue weighted by molar-refractivity contribution is -0.132. The van der Waals surface area contributed by atoms with Crippen LogP contribution in [0.3, 0.4) is 0 Å². The summed E-state index contributed by atoms with van der Waals surface area (Å²) in [5.74, 6) is -0.930.